The smallest absolute Gasteiger partial charge is 0.308 e. The van der Waals surface area contributed by atoms with E-state index in [1.54, 1.807) is 6.92 Å². The number of aromatic nitrogens is 2. The van der Waals surface area contributed by atoms with Gasteiger partial charge < -0.3 is 21.3 Å². The average Bonchev–Trinajstić information content (AvgIpc) is 2.25. The van der Waals surface area contributed by atoms with Crippen LogP contribution in [0.4, 0.5) is 11.6 Å². The van der Waals surface area contributed by atoms with E-state index in [2.05, 4.69) is 9.97 Å². The second-order valence-corrected chi connectivity index (χ2v) is 4.46. The van der Waals surface area contributed by atoms with Crippen LogP contribution < -0.4 is 11.5 Å². The molecule has 18 heavy (non-hydrogen) atoms. The molecule has 0 aliphatic heterocycles. The van der Waals surface area contributed by atoms with Crippen LogP contribution in [0, 0.1) is 0 Å². The molecule has 0 aromatic carbocycles. The standard InChI is InChI=1S/C10H16N4O3S/c1-2-17-9(16)3-6(15)5-18-10-13-7(11)4-8(12)14-10/h4,6,15H,2-3,5H2,1H3,(H4,11,12,13,14). The molecule has 0 radical (unpaired) electrons. The number of nitrogens with zero attached hydrogens (tertiary/aromatic N) is 2. The van der Waals surface area contributed by atoms with Crippen molar-refractivity contribution in [3.8, 4) is 0 Å². The third-order valence-electron chi connectivity index (χ3n) is 1.86. The minimum absolute atomic E-state index is 0.0569. The molecule has 0 bridgehead atoms. The Bertz CT molecular complexity index is 396. The van der Waals surface area contributed by atoms with Crippen LogP contribution in [-0.2, 0) is 9.53 Å². The van der Waals surface area contributed by atoms with Crippen molar-refractivity contribution in [2.45, 2.75) is 24.6 Å². The molecule has 8 heteroatoms. The lowest BCUT2D eigenvalue weighted by molar-refractivity contribution is -0.144. The highest BCUT2D eigenvalue weighted by Crippen LogP contribution is 2.18. The van der Waals surface area contributed by atoms with E-state index < -0.39 is 12.1 Å². The molecule has 100 valence electrons. The molecule has 0 aliphatic carbocycles. The Labute approximate surface area is 109 Å². The van der Waals surface area contributed by atoms with Crippen molar-refractivity contribution >= 4 is 29.4 Å². The minimum atomic E-state index is -0.819. The fourth-order valence-electron chi connectivity index (χ4n) is 1.17. The third-order valence-corrected chi connectivity index (χ3v) is 2.85. The van der Waals surface area contributed by atoms with E-state index in [0.29, 0.717) is 11.8 Å². The van der Waals surface area contributed by atoms with Gasteiger partial charge >= 0.3 is 5.97 Å². The molecule has 1 atom stereocenters. The highest BCUT2D eigenvalue weighted by molar-refractivity contribution is 7.99. The first-order valence-electron chi connectivity index (χ1n) is 5.37. The lowest BCUT2D eigenvalue weighted by Gasteiger charge is -2.09. The van der Waals surface area contributed by atoms with E-state index in [1.807, 2.05) is 0 Å². The Morgan fingerprint density at radius 2 is 2.11 bits per heavy atom. The number of anilines is 2. The predicted octanol–water partition coefficient (Wildman–Crippen LogP) is 0.0472. The van der Waals surface area contributed by atoms with Crippen LogP contribution in [-0.4, -0.2) is 39.5 Å². The molecule has 1 aromatic heterocycles. The normalized spacial score (nSPS) is 12.1. The second-order valence-electron chi connectivity index (χ2n) is 3.47. The monoisotopic (exact) mass is 272 g/mol. The first kappa shape index (κ1) is 14.5. The van der Waals surface area contributed by atoms with Gasteiger partial charge in [0.1, 0.15) is 11.6 Å². The van der Waals surface area contributed by atoms with Crippen LogP contribution in [0.15, 0.2) is 11.2 Å². The lowest BCUT2D eigenvalue weighted by atomic mass is 10.3. The molecule has 0 spiro atoms. The maximum Gasteiger partial charge on any atom is 0.308 e. The Hall–Kier alpha value is -1.54. The summed E-state index contributed by atoms with van der Waals surface area (Å²) < 4.78 is 4.72. The predicted molar refractivity (Wildman–Crippen MR) is 68.8 cm³/mol. The van der Waals surface area contributed by atoms with Gasteiger partial charge in [-0.15, -0.1) is 0 Å². The maximum atomic E-state index is 11.1. The topological polar surface area (TPSA) is 124 Å². The number of hydrogen-bond acceptors (Lipinski definition) is 8. The van der Waals surface area contributed by atoms with E-state index in [1.165, 1.54) is 17.8 Å². The molecular formula is C10H16N4O3S. The van der Waals surface area contributed by atoms with Gasteiger partial charge in [0.25, 0.3) is 0 Å². The van der Waals surface area contributed by atoms with Crippen LogP contribution in [0.25, 0.3) is 0 Å². The van der Waals surface area contributed by atoms with Gasteiger partial charge in [-0.2, -0.15) is 0 Å². The first-order valence-corrected chi connectivity index (χ1v) is 6.36. The molecule has 1 unspecified atom stereocenters. The summed E-state index contributed by atoms with van der Waals surface area (Å²) in [5.41, 5.74) is 11.0. The largest absolute Gasteiger partial charge is 0.466 e. The van der Waals surface area contributed by atoms with E-state index in [-0.39, 0.29) is 23.8 Å². The quantitative estimate of drug-likeness (QED) is 0.377. The van der Waals surface area contributed by atoms with Crippen LogP contribution in [0.5, 0.6) is 0 Å². The lowest BCUT2D eigenvalue weighted by Crippen LogP contribution is -2.18. The number of rotatable bonds is 6. The summed E-state index contributed by atoms with van der Waals surface area (Å²) in [4.78, 5) is 19.0. The highest BCUT2D eigenvalue weighted by atomic mass is 32.2. The minimum Gasteiger partial charge on any atom is -0.466 e. The Morgan fingerprint density at radius 3 is 2.67 bits per heavy atom. The zero-order valence-electron chi connectivity index (χ0n) is 10.00. The number of nitrogen functional groups attached to an aromatic ring is 2. The summed E-state index contributed by atoms with van der Waals surface area (Å²) in [5.74, 6) is 0.371. The molecule has 1 aromatic rings. The SMILES string of the molecule is CCOC(=O)CC(O)CSc1nc(N)cc(N)n1. The number of carbonyl (C=O) groups excluding carboxylic acids is 1. The van der Waals surface area contributed by atoms with Crippen LogP contribution >= 0.6 is 11.8 Å². The highest BCUT2D eigenvalue weighted by Gasteiger charge is 2.13. The van der Waals surface area contributed by atoms with Crippen molar-refractivity contribution in [3.05, 3.63) is 6.07 Å². The van der Waals surface area contributed by atoms with Gasteiger partial charge in [0.05, 0.1) is 19.1 Å². The van der Waals surface area contributed by atoms with Crippen molar-refractivity contribution in [1.82, 2.24) is 9.97 Å². The van der Waals surface area contributed by atoms with Gasteiger partial charge in [0, 0.05) is 11.8 Å². The molecule has 0 aliphatic rings. The molecule has 1 rings (SSSR count). The number of esters is 1. The van der Waals surface area contributed by atoms with Gasteiger partial charge in [0.2, 0.25) is 0 Å². The molecular weight excluding hydrogens is 256 g/mol. The van der Waals surface area contributed by atoms with E-state index in [0.717, 1.165) is 0 Å². The maximum absolute atomic E-state index is 11.1. The molecule has 0 fully saturated rings. The van der Waals surface area contributed by atoms with Gasteiger partial charge in [-0.3, -0.25) is 4.79 Å². The zero-order chi connectivity index (χ0) is 13.5. The van der Waals surface area contributed by atoms with Crippen molar-refractivity contribution < 1.29 is 14.6 Å². The van der Waals surface area contributed by atoms with Crippen molar-refractivity contribution in [1.29, 1.82) is 0 Å². The van der Waals surface area contributed by atoms with E-state index in [9.17, 15) is 9.90 Å². The second kappa shape index (κ2) is 7.02. The number of hydrogen-bond donors (Lipinski definition) is 3. The molecule has 1 heterocycles. The first-order chi connectivity index (χ1) is 8.51. The number of aliphatic hydroxyl groups is 1. The Kier molecular flexibility index (Phi) is 5.66. The number of thioether (sulfide) groups is 1. The molecule has 5 N–H and O–H groups in total. The van der Waals surface area contributed by atoms with Crippen LogP contribution in [0.3, 0.4) is 0 Å². The average molecular weight is 272 g/mol. The Balaban J connectivity index is 2.42. The Morgan fingerprint density at radius 1 is 1.50 bits per heavy atom. The molecule has 0 saturated heterocycles. The number of aliphatic hydroxyl groups excluding tert-OH is 1. The van der Waals surface area contributed by atoms with Crippen molar-refractivity contribution in [2.75, 3.05) is 23.8 Å². The summed E-state index contributed by atoms with van der Waals surface area (Å²) in [6.07, 6.45) is -0.876. The summed E-state index contributed by atoms with van der Waals surface area (Å²) in [6.45, 7) is 2.01. The number of nitrogens with two attached hydrogens (primary N) is 2. The zero-order valence-corrected chi connectivity index (χ0v) is 10.8. The number of carbonyl (C=O) groups is 1. The van der Waals surface area contributed by atoms with Gasteiger partial charge in [0.15, 0.2) is 5.16 Å². The summed E-state index contributed by atoms with van der Waals surface area (Å²) in [5, 5.41) is 9.98. The van der Waals surface area contributed by atoms with E-state index in [4.69, 9.17) is 16.2 Å². The summed E-state index contributed by atoms with van der Waals surface area (Å²) in [6, 6.07) is 1.44. The van der Waals surface area contributed by atoms with Crippen molar-refractivity contribution in [3.63, 3.8) is 0 Å². The summed E-state index contributed by atoms with van der Waals surface area (Å²) >= 11 is 1.18. The fourth-order valence-corrected chi connectivity index (χ4v) is 1.97. The van der Waals surface area contributed by atoms with Gasteiger partial charge in [-0.25, -0.2) is 9.97 Å². The summed E-state index contributed by atoms with van der Waals surface area (Å²) in [7, 11) is 0. The van der Waals surface area contributed by atoms with Crippen LogP contribution in [0.2, 0.25) is 0 Å². The third kappa shape index (κ3) is 5.19. The fraction of sp³-hybridized carbons (Fsp3) is 0.500. The molecule has 7 nitrogen and oxygen atoms in total. The molecule has 0 amide bonds. The van der Waals surface area contributed by atoms with Gasteiger partial charge in [-0.05, 0) is 6.92 Å². The van der Waals surface area contributed by atoms with Crippen LogP contribution in [0.1, 0.15) is 13.3 Å². The van der Waals surface area contributed by atoms with Gasteiger partial charge in [-0.1, -0.05) is 11.8 Å². The van der Waals surface area contributed by atoms with Crippen molar-refractivity contribution in [2.24, 2.45) is 0 Å². The molecule has 0 saturated carbocycles. The van der Waals surface area contributed by atoms with E-state index >= 15 is 0 Å². The number of ether oxygens (including phenoxy) is 1.